The van der Waals surface area contributed by atoms with Gasteiger partial charge in [0.1, 0.15) is 11.9 Å². The summed E-state index contributed by atoms with van der Waals surface area (Å²) in [6, 6.07) is 8.31. The summed E-state index contributed by atoms with van der Waals surface area (Å²) in [6.45, 7) is 0.611. The zero-order valence-corrected chi connectivity index (χ0v) is 10.5. The number of rotatable bonds is 5. The maximum absolute atomic E-state index is 10.7. The Bertz CT molecular complexity index is 652. The third kappa shape index (κ3) is 3.26. The summed E-state index contributed by atoms with van der Waals surface area (Å²) in [6.07, 6.45) is 4.20. The monoisotopic (exact) mass is 269 g/mol. The van der Waals surface area contributed by atoms with E-state index in [0.29, 0.717) is 12.4 Å². The van der Waals surface area contributed by atoms with Crippen LogP contribution in [0, 0.1) is 21.4 Å². The fraction of sp³-hybridized carbons (Fsp3) is 0.154. The minimum Gasteiger partial charge on any atom is -0.370 e. The number of nitrogens with zero attached hydrogens (tertiary/aromatic N) is 4. The SMILES string of the molecule is N#Cc1nc(NCCc2ccncc2)ccc1[N+](=O)[O-]. The Morgan fingerprint density at radius 1 is 1.30 bits per heavy atom. The lowest BCUT2D eigenvalue weighted by Gasteiger charge is -2.05. The Labute approximate surface area is 115 Å². The van der Waals surface area contributed by atoms with Crippen molar-refractivity contribution in [1.82, 2.24) is 9.97 Å². The molecular formula is C13H11N5O2. The molecule has 0 unspecified atom stereocenters. The molecule has 2 heterocycles. The van der Waals surface area contributed by atoms with Crippen LogP contribution in [0.1, 0.15) is 11.3 Å². The molecule has 0 aromatic carbocycles. The maximum Gasteiger partial charge on any atom is 0.305 e. The number of nitrogens with one attached hydrogen (secondary N) is 1. The van der Waals surface area contributed by atoms with Crippen LogP contribution in [0.25, 0.3) is 0 Å². The van der Waals surface area contributed by atoms with E-state index in [4.69, 9.17) is 5.26 Å². The van der Waals surface area contributed by atoms with Crippen molar-refractivity contribution >= 4 is 11.5 Å². The summed E-state index contributed by atoms with van der Waals surface area (Å²) in [5.41, 5.74) is 0.644. The average Bonchev–Trinajstić information content (AvgIpc) is 2.48. The van der Waals surface area contributed by atoms with E-state index in [1.807, 2.05) is 12.1 Å². The number of nitro groups is 1. The van der Waals surface area contributed by atoms with Crippen LogP contribution in [-0.4, -0.2) is 21.4 Å². The fourth-order valence-electron chi connectivity index (χ4n) is 1.66. The zero-order valence-electron chi connectivity index (χ0n) is 10.5. The van der Waals surface area contributed by atoms with Crippen molar-refractivity contribution in [3.05, 3.63) is 58.0 Å². The van der Waals surface area contributed by atoms with Crippen LogP contribution in [0.5, 0.6) is 0 Å². The lowest BCUT2D eigenvalue weighted by molar-refractivity contribution is -0.385. The lowest BCUT2D eigenvalue weighted by atomic mass is 10.2. The Morgan fingerprint density at radius 2 is 2.05 bits per heavy atom. The Kier molecular flexibility index (Phi) is 4.19. The van der Waals surface area contributed by atoms with Crippen LogP contribution in [0.4, 0.5) is 11.5 Å². The first-order valence-corrected chi connectivity index (χ1v) is 5.89. The normalized spacial score (nSPS) is 9.75. The molecule has 7 heteroatoms. The first-order chi connectivity index (χ1) is 9.70. The largest absolute Gasteiger partial charge is 0.370 e. The molecule has 0 spiro atoms. The summed E-state index contributed by atoms with van der Waals surface area (Å²) >= 11 is 0. The summed E-state index contributed by atoms with van der Waals surface area (Å²) in [5, 5.41) is 22.6. The van der Waals surface area contributed by atoms with Crippen molar-refractivity contribution in [3.63, 3.8) is 0 Å². The molecule has 0 saturated carbocycles. The quantitative estimate of drug-likeness (QED) is 0.656. The fourth-order valence-corrected chi connectivity index (χ4v) is 1.66. The van der Waals surface area contributed by atoms with Crippen LogP contribution in [0.3, 0.4) is 0 Å². The summed E-state index contributed by atoms with van der Waals surface area (Å²) in [4.78, 5) is 17.9. The highest BCUT2D eigenvalue weighted by atomic mass is 16.6. The van der Waals surface area contributed by atoms with Gasteiger partial charge in [-0.3, -0.25) is 15.1 Å². The van der Waals surface area contributed by atoms with E-state index in [1.54, 1.807) is 18.5 Å². The summed E-state index contributed by atoms with van der Waals surface area (Å²) < 4.78 is 0. The van der Waals surface area contributed by atoms with Crippen molar-refractivity contribution in [2.24, 2.45) is 0 Å². The van der Waals surface area contributed by atoms with E-state index in [1.165, 1.54) is 12.1 Å². The van der Waals surface area contributed by atoms with E-state index in [0.717, 1.165) is 12.0 Å². The van der Waals surface area contributed by atoms with Crippen LogP contribution in [0.2, 0.25) is 0 Å². The van der Waals surface area contributed by atoms with Crippen molar-refractivity contribution in [2.45, 2.75) is 6.42 Å². The minimum atomic E-state index is -0.619. The molecule has 100 valence electrons. The van der Waals surface area contributed by atoms with Gasteiger partial charge in [0.05, 0.1) is 4.92 Å². The molecule has 2 aromatic rings. The first kappa shape index (κ1) is 13.4. The third-order valence-electron chi connectivity index (χ3n) is 2.65. The van der Waals surface area contributed by atoms with Gasteiger partial charge in [0.2, 0.25) is 5.69 Å². The Hall–Kier alpha value is -3.01. The van der Waals surface area contributed by atoms with Gasteiger partial charge in [0, 0.05) is 25.0 Å². The summed E-state index contributed by atoms with van der Waals surface area (Å²) in [5.74, 6) is 0.446. The standard InChI is InChI=1S/C13H11N5O2/c14-9-11-12(18(19)20)1-2-13(17-11)16-8-5-10-3-6-15-7-4-10/h1-4,6-7H,5,8H2,(H,16,17). The molecule has 0 radical (unpaired) electrons. The molecular weight excluding hydrogens is 258 g/mol. The molecule has 7 nitrogen and oxygen atoms in total. The molecule has 2 aromatic heterocycles. The number of aromatic nitrogens is 2. The summed E-state index contributed by atoms with van der Waals surface area (Å²) in [7, 11) is 0. The molecule has 0 fully saturated rings. The molecule has 0 atom stereocenters. The van der Waals surface area contributed by atoms with Crippen LogP contribution in [0.15, 0.2) is 36.7 Å². The molecule has 0 amide bonds. The van der Waals surface area contributed by atoms with Crippen molar-refractivity contribution in [1.29, 1.82) is 5.26 Å². The van der Waals surface area contributed by atoms with Gasteiger partial charge < -0.3 is 5.32 Å². The highest BCUT2D eigenvalue weighted by Crippen LogP contribution is 2.17. The number of nitriles is 1. The molecule has 1 N–H and O–H groups in total. The van der Waals surface area contributed by atoms with Gasteiger partial charge >= 0.3 is 5.69 Å². The number of hydrogen-bond donors (Lipinski definition) is 1. The van der Waals surface area contributed by atoms with Crippen LogP contribution < -0.4 is 5.32 Å². The molecule has 20 heavy (non-hydrogen) atoms. The number of pyridine rings is 2. The van der Waals surface area contributed by atoms with Gasteiger partial charge in [0.15, 0.2) is 0 Å². The molecule has 2 rings (SSSR count). The van der Waals surface area contributed by atoms with Crippen molar-refractivity contribution in [3.8, 4) is 6.07 Å². The van der Waals surface area contributed by atoms with E-state index < -0.39 is 4.92 Å². The second kappa shape index (κ2) is 6.24. The predicted octanol–water partition coefficient (Wildman–Crippen LogP) is 1.91. The lowest BCUT2D eigenvalue weighted by Crippen LogP contribution is -2.07. The van der Waals surface area contributed by atoms with E-state index in [-0.39, 0.29) is 11.4 Å². The van der Waals surface area contributed by atoms with E-state index >= 15 is 0 Å². The van der Waals surface area contributed by atoms with Gasteiger partial charge in [0.25, 0.3) is 0 Å². The molecule has 0 aliphatic heterocycles. The third-order valence-corrected chi connectivity index (χ3v) is 2.65. The second-order valence-electron chi connectivity index (χ2n) is 3.97. The van der Waals surface area contributed by atoms with Crippen LogP contribution in [-0.2, 0) is 6.42 Å². The van der Waals surface area contributed by atoms with Gasteiger partial charge in [-0.05, 0) is 30.2 Å². The molecule has 0 aliphatic carbocycles. The van der Waals surface area contributed by atoms with Gasteiger partial charge in [-0.25, -0.2) is 4.98 Å². The van der Waals surface area contributed by atoms with Crippen molar-refractivity contribution < 1.29 is 4.92 Å². The number of hydrogen-bond acceptors (Lipinski definition) is 6. The molecule has 0 aliphatic rings. The topological polar surface area (TPSA) is 105 Å². The van der Waals surface area contributed by atoms with E-state index in [2.05, 4.69) is 15.3 Å². The van der Waals surface area contributed by atoms with Gasteiger partial charge in [-0.15, -0.1) is 0 Å². The van der Waals surface area contributed by atoms with E-state index in [9.17, 15) is 10.1 Å². The van der Waals surface area contributed by atoms with Gasteiger partial charge in [-0.2, -0.15) is 5.26 Å². The Morgan fingerprint density at radius 3 is 2.70 bits per heavy atom. The highest BCUT2D eigenvalue weighted by molar-refractivity contribution is 5.50. The maximum atomic E-state index is 10.7. The highest BCUT2D eigenvalue weighted by Gasteiger charge is 2.15. The van der Waals surface area contributed by atoms with Crippen LogP contribution >= 0.6 is 0 Å². The van der Waals surface area contributed by atoms with Gasteiger partial charge in [-0.1, -0.05) is 0 Å². The zero-order chi connectivity index (χ0) is 14.4. The second-order valence-corrected chi connectivity index (χ2v) is 3.97. The minimum absolute atomic E-state index is 0.191. The average molecular weight is 269 g/mol. The Balaban J connectivity index is 2.00. The molecule has 0 bridgehead atoms. The molecule has 0 saturated heterocycles. The predicted molar refractivity (Wildman–Crippen MR) is 72.0 cm³/mol. The number of anilines is 1. The smallest absolute Gasteiger partial charge is 0.305 e. The first-order valence-electron chi connectivity index (χ1n) is 5.89. The van der Waals surface area contributed by atoms with Crippen molar-refractivity contribution in [2.75, 3.05) is 11.9 Å².